The maximum absolute atomic E-state index is 12.0. The second kappa shape index (κ2) is 6.68. The van der Waals surface area contributed by atoms with Crippen molar-refractivity contribution in [2.45, 2.75) is 38.1 Å². The van der Waals surface area contributed by atoms with Crippen LogP contribution in [-0.4, -0.2) is 35.1 Å². The third-order valence-electron chi connectivity index (χ3n) is 3.09. The monoisotopic (exact) mass is 331 g/mol. The third-order valence-corrected chi connectivity index (χ3v) is 4.77. The number of aliphatic hydroxyl groups is 1. The highest BCUT2D eigenvalue weighted by molar-refractivity contribution is 9.11. The van der Waals surface area contributed by atoms with E-state index in [1.165, 1.54) is 4.88 Å². The topological polar surface area (TPSA) is 40.5 Å². The molecule has 0 bridgehead atoms. The molecular formula is C13H18BrNO2S. The van der Waals surface area contributed by atoms with Gasteiger partial charge in [0.25, 0.3) is 0 Å². The van der Waals surface area contributed by atoms with Crippen molar-refractivity contribution in [3.8, 4) is 0 Å². The van der Waals surface area contributed by atoms with E-state index in [0.29, 0.717) is 19.0 Å². The molecule has 0 spiro atoms. The van der Waals surface area contributed by atoms with Crippen LogP contribution in [0.1, 0.15) is 30.6 Å². The van der Waals surface area contributed by atoms with Crippen LogP contribution < -0.4 is 0 Å². The normalized spacial score (nSPS) is 14.8. The molecule has 1 aliphatic carbocycles. The van der Waals surface area contributed by atoms with Gasteiger partial charge in [-0.3, -0.25) is 4.79 Å². The lowest BCUT2D eigenvalue weighted by Crippen LogP contribution is -2.35. The lowest BCUT2D eigenvalue weighted by Gasteiger charge is -2.21. The van der Waals surface area contributed by atoms with Gasteiger partial charge >= 0.3 is 0 Å². The minimum Gasteiger partial charge on any atom is -0.395 e. The number of thiophene rings is 1. The van der Waals surface area contributed by atoms with Gasteiger partial charge in [-0.05, 0) is 53.7 Å². The Balaban J connectivity index is 1.73. The van der Waals surface area contributed by atoms with Crippen LogP contribution in [0.15, 0.2) is 15.9 Å². The highest BCUT2D eigenvalue weighted by Gasteiger charge is 2.31. The number of aryl methyl sites for hydroxylation is 1. The predicted molar refractivity (Wildman–Crippen MR) is 76.8 cm³/mol. The van der Waals surface area contributed by atoms with E-state index in [4.69, 9.17) is 5.11 Å². The van der Waals surface area contributed by atoms with Crippen molar-refractivity contribution in [1.82, 2.24) is 4.90 Å². The summed E-state index contributed by atoms with van der Waals surface area (Å²) >= 11 is 5.17. The van der Waals surface area contributed by atoms with Crippen LogP contribution in [-0.2, 0) is 11.2 Å². The molecule has 1 amide bonds. The Labute approximate surface area is 120 Å². The second-order valence-corrected chi connectivity index (χ2v) is 7.15. The summed E-state index contributed by atoms with van der Waals surface area (Å²) in [5.74, 6) is 0.196. The lowest BCUT2D eigenvalue weighted by molar-refractivity contribution is -0.132. The molecule has 100 valence electrons. The number of hydrogen-bond donors (Lipinski definition) is 1. The summed E-state index contributed by atoms with van der Waals surface area (Å²) < 4.78 is 1.14. The molecule has 0 aliphatic heterocycles. The van der Waals surface area contributed by atoms with Crippen molar-refractivity contribution < 1.29 is 9.90 Å². The van der Waals surface area contributed by atoms with Gasteiger partial charge in [-0.1, -0.05) is 0 Å². The van der Waals surface area contributed by atoms with Crippen molar-refractivity contribution >= 4 is 33.2 Å². The fraction of sp³-hybridized carbons (Fsp3) is 0.615. The Morgan fingerprint density at radius 3 is 2.83 bits per heavy atom. The molecule has 1 heterocycles. The molecule has 1 aliphatic rings. The van der Waals surface area contributed by atoms with E-state index in [9.17, 15) is 4.79 Å². The van der Waals surface area contributed by atoms with Crippen molar-refractivity contribution in [3.63, 3.8) is 0 Å². The number of carbonyl (C=O) groups is 1. The number of nitrogens with zero attached hydrogens (tertiary/aromatic N) is 1. The zero-order chi connectivity index (χ0) is 13.0. The fourth-order valence-corrected chi connectivity index (χ4v) is 3.57. The van der Waals surface area contributed by atoms with Crippen LogP contribution in [0.4, 0.5) is 0 Å². The SMILES string of the molecule is O=C(CCCc1ccc(Br)s1)N(CCO)C1CC1. The number of rotatable bonds is 7. The summed E-state index contributed by atoms with van der Waals surface area (Å²) in [6.45, 7) is 0.564. The first kappa shape index (κ1) is 14.0. The molecule has 1 aromatic heterocycles. The minimum atomic E-state index is 0.0696. The standard InChI is InChI=1S/C13H18BrNO2S/c14-12-7-6-11(18-12)2-1-3-13(17)15(8-9-16)10-4-5-10/h6-7,10,16H,1-5,8-9H2. The summed E-state index contributed by atoms with van der Waals surface area (Å²) in [6, 6.07) is 4.55. The molecule has 0 radical (unpaired) electrons. The van der Waals surface area contributed by atoms with Gasteiger partial charge in [0.05, 0.1) is 10.4 Å². The number of carbonyl (C=O) groups excluding carboxylic acids is 1. The van der Waals surface area contributed by atoms with E-state index in [1.54, 1.807) is 11.3 Å². The van der Waals surface area contributed by atoms with Crippen LogP contribution in [0.25, 0.3) is 0 Å². The molecular weight excluding hydrogens is 314 g/mol. The molecule has 18 heavy (non-hydrogen) atoms. The Morgan fingerprint density at radius 2 is 2.28 bits per heavy atom. The van der Waals surface area contributed by atoms with Gasteiger partial charge in [-0.25, -0.2) is 0 Å². The van der Waals surface area contributed by atoms with Crippen molar-refractivity contribution in [3.05, 3.63) is 20.8 Å². The maximum atomic E-state index is 12.0. The van der Waals surface area contributed by atoms with Gasteiger partial charge in [0.15, 0.2) is 0 Å². The maximum Gasteiger partial charge on any atom is 0.222 e. The number of aliphatic hydroxyl groups excluding tert-OH is 1. The van der Waals surface area contributed by atoms with Crippen molar-refractivity contribution in [2.75, 3.05) is 13.2 Å². The van der Waals surface area contributed by atoms with Gasteiger partial charge in [0.1, 0.15) is 0 Å². The molecule has 1 saturated carbocycles. The minimum absolute atomic E-state index is 0.0696. The summed E-state index contributed by atoms with van der Waals surface area (Å²) in [6.07, 6.45) is 4.64. The predicted octanol–water partition coefficient (Wildman–Crippen LogP) is 2.82. The largest absolute Gasteiger partial charge is 0.395 e. The molecule has 1 N–H and O–H groups in total. The molecule has 0 saturated heterocycles. The average molecular weight is 332 g/mol. The van der Waals surface area contributed by atoms with Gasteiger partial charge in [0, 0.05) is 23.9 Å². The second-order valence-electron chi connectivity index (χ2n) is 4.60. The number of hydrogen-bond acceptors (Lipinski definition) is 3. The molecule has 0 aromatic carbocycles. The zero-order valence-electron chi connectivity index (χ0n) is 10.3. The summed E-state index contributed by atoms with van der Waals surface area (Å²) in [4.78, 5) is 15.2. The van der Waals surface area contributed by atoms with Crippen LogP contribution in [0.2, 0.25) is 0 Å². The Hall–Kier alpha value is -0.390. The van der Waals surface area contributed by atoms with Gasteiger partial charge in [-0.2, -0.15) is 0 Å². The van der Waals surface area contributed by atoms with E-state index in [2.05, 4.69) is 22.0 Å². The van der Waals surface area contributed by atoms with Crippen LogP contribution in [0, 0.1) is 0 Å². The lowest BCUT2D eigenvalue weighted by atomic mass is 10.2. The average Bonchev–Trinajstić information content (AvgIpc) is 3.10. The molecule has 5 heteroatoms. The van der Waals surface area contributed by atoms with Crippen LogP contribution in [0.5, 0.6) is 0 Å². The first-order chi connectivity index (χ1) is 8.70. The number of amides is 1. The Morgan fingerprint density at radius 1 is 1.50 bits per heavy atom. The molecule has 1 aromatic rings. The zero-order valence-corrected chi connectivity index (χ0v) is 12.7. The van der Waals surface area contributed by atoms with E-state index in [0.717, 1.165) is 29.5 Å². The molecule has 3 nitrogen and oxygen atoms in total. The Kier molecular flexibility index (Phi) is 5.21. The smallest absolute Gasteiger partial charge is 0.222 e. The molecule has 2 rings (SSSR count). The molecule has 0 atom stereocenters. The summed E-state index contributed by atoms with van der Waals surface area (Å²) in [5, 5.41) is 8.97. The van der Waals surface area contributed by atoms with Gasteiger partial charge < -0.3 is 10.0 Å². The Bertz CT molecular complexity index is 403. The van der Waals surface area contributed by atoms with Crippen molar-refractivity contribution in [2.24, 2.45) is 0 Å². The number of halogens is 1. The van der Waals surface area contributed by atoms with E-state index in [1.807, 2.05) is 11.0 Å². The van der Waals surface area contributed by atoms with Crippen molar-refractivity contribution in [1.29, 1.82) is 0 Å². The van der Waals surface area contributed by atoms with Gasteiger partial charge in [-0.15, -0.1) is 11.3 Å². The third kappa shape index (κ3) is 4.07. The summed E-state index contributed by atoms with van der Waals surface area (Å²) in [7, 11) is 0. The van der Waals surface area contributed by atoms with E-state index < -0.39 is 0 Å². The van der Waals surface area contributed by atoms with Crippen LogP contribution in [0.3, 0.4) is 0 Å². The highest BCUT2D eigenvalue weighted by Crippen LogP contribution is 2.28. The first-order valence-electron chi connectivity index (χ1n) is 6.35. The van der Waals surface area contributed by atoms with Crippen LogP contribution >= 0.6 is 27.3 Å². The fourth-order valence-electron chi connectivity index (χ4n) is 2.05. The summed E-state index contributed by atoms with van der Waals surface area (Å²) in [5.41, 5.74) is 0. The molecule has 0 unspecified atom stereocenters. The first-order valence-corrected chi connectivity index (χ1v) is 7.96. The van der Waals surface area contributed by atoms with Gasteiger partial charge in [0.2, 0.25) is 5.91 Å². The molecule has 1 fully saturated rings. The van der Waals surface area contributed by atoms with E-state index in [-0.39, 0.29) is 12.5 Å². The highest BCUT2D eigenvalue weighted by atomic mass is 79.9. The van der Waals surface area contributed by atoms with E-state index >= 15 is 0 Å². The quantitative estimate of drug-likeness (QED) is 0.834.